The molecule has 0 bridgehead atoms. The maximum Gasteiger partial charge on any atom is 0.264 e. The van der Waals surface area contributed by atoms with Gasteiger partial charge in [0.2, 0.25) is 0 Å². The molecule has 3 nitrogen and oxygen atoms in total. The van der Waals surface area contributed by atoms with Crippen LogP contribution in [0.5, 0.6) is 0 Å². The van der Waals surface area contributed by atoms with E-state index in [2.05, 4.69) is 6.92 Å². The molecule has 96 valence electrons. The van der Waals surface area contributed by atoms with Crippen molar-refractivity contribution >= 4 is 29.7 Å². The molecule has 2 heterocycles. The van der Waals surface area contributed by atoms with E-state index in [1.807, 2.05) is 16.3 Å². The van der Waals surface area contributed by atoms with Gasteiger partial charge in [-0.05, 0) is 42.3 Å². The second kappa shape index (κ2) is 6.38. The summed E-state index contributed by atoms with van der Waals surface area (Å²) in [5.41, 5.74) is 6.81. The molecule has 0 saturated carbocycles. The summed E-state index contributed by atoms with van der Waals surface area (Å²) in [5.74, 6) is 0.691. The van der Waals surface area contributed by atoms with Crippen LogP contribution in [0.2, 0.25) is 0 Å². The summed E-state index contributed by atoms with van der Waals surface area (Å²) >= 11 is 1.56. The van der Waals surface area contributed by atoms with Crippen molar-refractivity contribution in [1.82, 2.24) is 4.90 Å². The van der Waals surface area contributed by atoms with Gasteiger partial charge >= 0.3 is 0 Å². The first kappa shape index (κ1) is 14.5. The summed E-state index contributed by atoms with van der Waals surface area (Å²) in [5, 5.41) is 2.00. The van der Waals surface area contributed by atoms with Gasteiger partial charge in [0.25, 0.3) is 5.91 Å². The smallest absolute Gasteiger partial charge is 0.264 e. The molecule has 1 aliphatic rings. The van der Waals surface area contributed by atoms with Crippen LogP contribution in [0.25, 0.3) is 0 Å². The number of thiophene rings is 1. The first-order valence-electron chi connectivity index (χ1n) is 5.82. The van der Waals surface area contributed by atoms with Crippen LogP contribution in [-0.2, 0) is 6.42 Å². The fourth-order valence-electron chi connectivity index (χ4n) is 2.15. The Morgan fingerprint density at radius 2 is 2.41 bits per heavy atom. The Balaban J connectivity index is 0.00000144. The number of carbonyl (C=O) groups excluding carboxylic acids is 1. The van der Waals surface area contributed by atoms with Crippen molar-refractivity contribution in [1.29, 1.82) is 0 Å². The van der Waals surface area contributed by atoms with Gasteiger partial charge in [0.1, 0.15) is 0 Å². The SMILES string of the molecule is CCc1ccsc1C(=O)N1CCC(CN)C1.Cl. The van der Waals surface area contributed by atoms with E-state index in [1.54, 1.807) is 11.3 Å². The second-order valence-corrected chi connectivity index (χ2v) is 5.19. The van der Waals surface area contributed by atoms with Gasteiger partial charge in [-0.15, -0.1) is 23.7 Å². The summed E-state index contributed by atoms with van der Waals surface area (Å²) in [6.45, 7) is 4.47. The molecule has 1 amide bonds. The predicted molar refractivity (Wildman–Crippen MR) is 74.0 cm³/mol. The summed E-state index contributed by atoms with van der Waals surface area (Å²) in [6.07, 6.45) is 1.98. The fourth-order valence-corrected chi connectivity index (χ4v) is 3.12. The molecule has 0 radical (unpaired) electrons. The summed E-state index contributed by atoms with van der Waals surface area (Å²) < 4.78 is 0. The first-order valence-corrected chi connectivity index (χ1v) is 6.70. The molecule has 17 heavy (non-hydrogen) atoms. The van der Waals surface area contributed by atoms with Crippen LogP contribution < -0.4 is 5.73 Å². The topological polar surface area (TPSA) is 46.3 Å². The molecule has 1 unspecified atom stereocenters. The van der Waals surface area contributed by atoms with Crippen molar-refractivity contribution in [2.75, 3.05) is 19.6 Å². The van der Waals surface area contributed by atoms with Crippen molar-refractivity contribution in [2.45, 2.75) is 19.8 Å². The van der Waals surface area contributed by atoms with Crippen LogP contribution in [0.1, 0.15) is 28.6 Å². The normalized spacial score (nSPS) is 19.2. The molecule has 2 N–H and O–H groups in total. The van der Waals surface area contributed by atoms with Gasteiger partial charge in [-0.2, -0.15) is 0 Å². The first-order chi connectivity index (χ1) is 7.76. The highest BCUT2D eigenvalue weighted by Gasteiger charge is 2.27. The molecule has 5 heteroatoms. The maximum absolute atomic E-state index is 12.2. The minimum Gasteiger partial charge on any atom is -0.338 e. The standard InChI is InChI=1S/C12H18N2OS.ClH/c1-2-10-4-6-16-11(10)12(15)14-5-3-9(7-13)8-14;/h4,6,9H,2-3,5,7-8,13H2,1H3;1H. The van der Waals surface area contributed by atoms with Gasteiger partial charge in [0.15, 0.2) is 0 Å². The van der Waals surface area contributed by atoms with Gasteiger partial charge in [0.05, 0.1) is 4.88 Å². The zero-order valence-electron chi connectivity index (χ0n) is 10.0. The van der Waals surface area contributed by atoms with E-state index in [0.717, 1.165) is 30.8 Å². The minimum absolute atomic E-state index is 0. The van der Waals surface area contributed by atoms with Gasteiger partial charge in [0, 0.05) is 13.1 Å². The lowest BCUT2D eigenvalue weighted by atomic mass is 10.1. The number of nitrogens with two attached hydrogens (primary N) is 1. The molecule has 0 aliphatic carbocycles. The van der Waals surface area contributed by atoms with Gasteiger partial charge in [-0.1, -0.05) is 6.92 Å². The number of aryl methyl sites for hydroxylation is 1. The summed E-state index contributed by atoms with van der Waals surface area (Å²) in [6, 6.07) is 2.05. The van der Waals surface area contributed by atoms with E-state index >= 15 is 0 Å². The lowest BCUT2D eigenvalue weighted by Crippen LogP contribution is -2.29. The Hall–Kier alpha value is -0.580. The van der Waals surface area contributed by atoms with E-state index in [1.165, 1.54) is 5.56 Å². The molecule has 1 saturated heterocycles. The highest BCUT2D eigenvalue weighted by molar-refractivity contribution is 7.12. The van der Waals surface area contributed by atoms with Crippen molar-refractivity contribution in [3.05, 3.63) is 21.9 Å². The Labute approximate surface area is 112 Å². The molecule has 1 aromatic rings. The number of nitrogens with zero attached hydrogens (tertiary/aromatic N) is 1. The van der Waals surface area contributed by atoms with E-state index < -0.39 is 0 Å². The van der Waals surface area contributed by atoms with E-state index in [-0.39, 0.29) is 18.3 Å². The van der Waals surface area contributed by atoms with Crippen LogP contribution in [-0.4, -0.2) is 30.4 Å². The van der Waals surface area contributed by atoms with Crippen LogP contribution in [0.15, 0.2) is 11.4 Å². The number of hydrogen-bond acceptors (Lipinski definition) is 3. The summed E-state index contributed by atoms with van der Waals surface area (Å²) in [4.78, 5) is 15.1. The number of rotatable bonds is 3. The highest BCUT2D eigenvalue weighted by Crippen LogP contribution is 2.23. The van der Waals surface area contributed by atoms with Crippen LogP contribution in [0, 0.1) is 5.92 Å². The number of carbonyl (C=O) groups is 1. The average Bonchev–Trinajstić information content (AvgIpc) is 2.96. The molecule has 1 aromatic heterocycles. The quantitative estimate of drug-likeness (QED) is 0.918. The predicted octanol–water partition coefficient (Wildman–Crippen LogP) is 2.15. The molecule has 1 aliphatic heterocycles. The van der Waals surface area contributed by atoms with Crippen molar-refractivity contribution < 1.29 is 4.79 Å². The zero-order valence-corrected chi connectivity index (χ0v) is 11.6. The molecule has 1 atom stereocenters. The molecule has 0 aromatic carbocycles. The lowest BCUT2D eigenvalue weighted by Gasteiger charge is -2.16. The second-order valence-electron chi connectivity index (χ2n) is 4.27. The lowest BCUT2D eigenvalue weighted by molar-refractivity contribution is 0.0791. The van der Waals surface area contributed by atoms with E-state index in [4.69, 9.17) is 5.73 Å². The third-order valence-electron chi connectivity index (χ3n) is 3.23. The van der Waals surface area contributed by atoms with E-state index in [9.17, 15) is 4.79 Å². The largest absolute Gasteiger partial charge is 0.338 e. The zero-order chi connectivity index (χ0) is 11.5. The molecule has 1 fully saturated rings. The minimum atomic E-state index is 0. The van der Waals surface area contributed by atoms with Crippen molar-refractivity contribution in [2.24, 2.45) is 11.7 Å². The monoisotopic (exact) mass is 274 g/mol. The molecule has 2 rings (SSSR count). The Morgan fingerprint density at radius 1 is 1.65 bits per heavy atom. The molecule has 0 spiro atoms. The van der Waals surface area contributed by atoms with Crippen LogP contribution in [0.4, 0.5) is 0 Å². The third-order valence-corrected chi connectivity index (χ3v) is 4.17. The maximum atomic E-state index is 12.2. The van der Waals surface area contributed by atoms with Gasteiger partial charge in [-0.25, -0.2) is 0 Å². The number of likely N-dealkylation sites (tertiary alicyclic amines) is 1. The fraction of sp³-hybridized carbons (Fsp3) is 0.583. The van der Waals surface area contributed by atoms with E-state index in [0.29, 0.717) is 12.5 Å². The summed E-state index contributed by atoms with van der Waals surface area (Å²) in [7, 11) is 0. The third kappa shape index (κ3) is 3.00. The Bertz CT molecular complexity index is 380. The number of halogens is 1. The van der Waals surface area contributed by atoms with Crippen molar-refractivity contribution in [3.8, 4) is 0 Å². The highest BCUT2D eigenvalue weighted by atomic mass is 35.5. The Morgan fingerprint density at radius 3 is 3.00 bits per heavy atom. The van der Waals surface area contributed by atoms with Gasteiger partial charge < -0.3 is 10.6 Å². The van der Waals surface area contributed by atoms with Crippen molar-refractivity contribution in [3.63, 3.8) is 0 Å². The molecular formula is C12H19ClN2OS. The van der Waals surface area contributed by atoms with Gasteiger partial charge in [-0.3, -0.25) is 4.79 Å². The molecular weight excluding hydrogens is 256 g/mol. The average molecular weight is 275 g/mol. The van der Waals surface area contributed by atoms with Crippen LogP contribution in [0.3, 0.4) is 0 Å². The Kier molecular flexibility index (Phi) is 5.43. The number of amides is 1. The number of hydrogen-bond donors (Lipinski definition) is 1. The van der Waals surface area contributed by atoms with Crippen LogP contribution >= 0.6 is 23.7 Å².